The summed E-state index contributed by atoms with van der Waals surface area (Å²) in [5.74, 6) is 1.17. The van der Waals surface area contributed by atoms with Crippen LogP contribution in [-0.2, 0) is 10.2 Å². The summed E-state index contributed by atoms with van der Waals surface area (Å²) in [4.78, 5) is 20.5. The lowest BCUT2D eigenvalue weighted by molar-refractivity contribution is 0.0841. The minimum atomic E-state index is -0.215. The minimum Gasteiger partial charge on any atom is -0.384 e. The molecular weight excluding hydrogens is 268 g/mol. The smallest absolute Gasteiger partial charge is 0.319 e. The highest BCUT2D eigenvalue weighted by Gasteiger charge is 2.31. The van der Waals surface area contributed by atoms with Gasteiger partial charge in [0.25, 0.3) is 0 Å². The summed E-state index contributed by atoms with van der Waals surface area (Å²) < 4.78 is 5.13. The standard InChI is InChI=1S/C15H24N4O2/c1-15(2,3)13-16-7-11(8-17-13)18-14(20)19-12-6-5-10(12)9-21-4/h7-8,10,12H,5-6,9H2,1-4H3,(H2,18,19,20)/t10-,12-/m1/s1. The van der Waals surface area contributed by atoms with E-state index in [1.807, 2.05) is 0 Å². The summed E-state index contributed by atoms with van der Waals surface area (Å²) in [5, 5.41) is 5.73. The Balaban J connectivity index is 1.85. The van der Waals surface area contributed by atoms with Gasteiger partial charge in [0, 0.05) is 24.5 Å². The summed E-state index contributed by atoms with van der Waals surface area (Å²) in [6.45, 7) is 6.84. The van der Waals surface area contributed by atoms with Crippen LogP contribution in [0.2, 0.25) is 0 Å². The van der Waals surface area contributed by atoms with Gasteiger partial charge in [-0.15, -0.1) is 0 Å². The van der Waals surface area contributed by atoms with E-state index in [-0.39, 0.29) is 17.5 Å². The summed E-state index contributed by atoms with van der Waals surface area (Å²) in [5.41, 5.74) is 0.503. The Morgan fingerprint density at radius 1 is 1.33 bits per heavy atom. The SMILES string of the molecule is COC[C@H]1CC[C@H]1NC(=O)Nc1cnc(C(C)(C)C)nc1. The van der Waals surface area contributed by atoms with Crippen LogP contribution in [0.5, 0.6) is 0 Å². The van der Waals surface area contributed by atoms with Crippen LogP contribution in [0.4, 0.5) is 10.5 Å². The van der Waals surface area contributed by atoms with Gasteiger partial charge in [-0.25, -0.2) is 14.8 Å². The van der Waals surface area contributed by atoms with Crippen molar-refractivity contribution in [2.24, 2.45) is 5.92 Å². The molecule has 1 fully saturated rings. The predicted octanol–water partition coefficient (Wildman–Crippen LogP) is 2.32. The van der Waals surface area contributed by atoms with Gasteiger partial charge in [-0.2, -0.15) is 0 Å². The van der Waals surface area contributed by atoms with Gasteiger partial charge in [0.05, 0.1) is 24.7 Å². The van der Waals surface area contributed by atoms with Gasteiger partial charge in [-0.1, -0.05) is 20.8 Å². The molecule has 1 aromatic rings. The molecule has 0 bridgehead atoms. The molecular formula is C15H24N4O2. The van der Waals surface area contributed by atoms with Gasteiger partial charge in [-0.05, 0) is 12.8 Å². The quantitative estimate of drug-likeness (QED) is 0.893. The van der Waals surface area contributed by atoms with E-state index in [1.54, 1.807) is 19.5 Å². The van der Waals surface area contributed by atoms with Crippen LogP contribution in [-0.4, -0.2) is 35.8 Å². The minimum absolute atomic E-state index is 0.0971. The molecule has 21 heavy (non-hydrogen) atoms. The lowest BCUT2D eigenvalue weighted by Gasteiger charge is -2.36. The Kier molecular flexibility index (Phi) is 4.77. The number of urea groups is 1. The molecule has 0 aromatic carbocycles. The Labute approximate surface area is 125 Å². The van der Waals surface area contributed by atoms with E-state index in [1.165, 1.54) is 0 Å². The summed E-state index contributed by atoms with van der Waals surface area (Å²) in [6.07, 6.45) is 5.38. The first-order valence-corrected chi connectivity index (χ1v) is 7.29. The van der Waals surface area contributed by atoms with Crippen LogP contribution in [0, 0.1) is 5.92 Å². The second kappa shape index (κ2) is 6.39. The van der Waals surface area contributed by atoms with Gasteiger partial charge in [0.1, 0.15) is 5.82 Å². The molecule has 2 amide bonds. The molecule has 0 unspecified atom stereocenters. The van der Waals surface area contributed by atoms with Gasteiger partial charge in [0.2, 0.25) is 0 Å². The Hall–Kier alpha value is -1.69. The van der Waals surface area contributed by atoms with Crippen molar-refractivity contribution in [3.05, 3.63) is 18.2 Å². The molecule has 0 spiro atoms. The van der Waals surface area contributed by atoms with E-state index in [9.17, 15) is 4.79 Å². The van der Waals surface area contributed by atoms with E-state index in [4.69, 9.17) is 4.74 Å². The molecule has 1 heterocycles. The summed E-state index contributed by atoms with van der Waals surface area (Å²) in [7, 11) is 1.68. The molecule has 2 rings (SSSR count). The third kappa shape index (κ3) is 4.14. The first-order valence-electron chi connectivity index (χ1n) is 7.29. The molecule has 6 heteroatoms. The van der Waals surface area contributed by atoms with E-state index >= 15 is 0 Å². The van der Waals surface area contributed by atoms with E-state index < -0.39 is 0 Å². The zero-order chi connectivity index (χ0) is 15.5. The largest absolute Gasteiger partial charge is 0.384 e. The third-order valence-electron chi connectivity index (χ3n) is 3.70. The van der Waals surface area contributed by atoms with Crippen LogP contribution < -0.4 is 10.6 Å². The zero-order valence-corrected chi connectivity index (χ0v) is 13.1. The number of carbonyl (C=O) groups excluding carboxylic acids is 1. The highest BCUT2D eigenvalue weighted by molar-refractivity contribution is 5.89. The number of methoxy groups -OCH3 is 1. The average molecular weight is 292 g/mol. The van der Waals surface area contributed by atoms with Crippen LogP contribution in [0.1, 0.15) is 39.4 Å². The average Bonchev–Trinajstić information content (AvgIpc) is 2.40. The van der Waals surface area contributed by atoms with Crippen molar-refractivity contribution >= 4 is 11.7 Å². The highest BCUT2D eigenvalue weighted by atomic mass is 16.5. The second-order valence-corrected chi connectivity index (χ2v) is 6.54. The zero-order valence-electron chi connectivity index (χ0n) is 13.1. The second-order valence-electron chi connectivity index (χ2n) is 6.54. The van der Waals surface area contributed by atoms with Gasteiger partial charge in [0.15, 0.2) is 0 Å². The first kappa shape index (κ1) is 15.7. The fourth-order valence-corrected chi connectivity index (χ4v) is 2.29. The molecule has 6 nitrogen and oxygen atoms in total. The molecule has 2 atom stereocenters. The fraction of sp³-hybridized carbons (Fsp3) is 0.667. The summed E-state index contributed by atoms with van der Waals surface area (Å²) >= 11 is 0. The first-order chi connectivity index (χ1) is 9.90. The van der Waals surface area contributed by atoms with Crippen molar-refractivity contribution in [3.63, 3.8) is 0 Å². The number of amides is 2. The topological polar surface area (TPSA) is 76.1 Å². The monoisotopic (exact) mass is 292 g/mol. The molecule has 0 saturated heterocycles. The molecule has 0 aliphatic heterocycles. The van der Waals surface area contributed by atoms with Crippen LogP contribution in [0.25, 0.3) is 0 Å². The maximum absolute atomic E-state index is 11.9. The molecule has 0 radical (unpaired) electrons. The Morgan fingerprint density at radius 2 is 2.00 bits per heavy atom. The maximum atomic E-state index is 11.9. The maximum Gasteiger partial charge on any atom is 0.319 e. The number of ether oxygens (including phenoxy) is 1. The number of rotatable bonds is 4. The lowest BCUT2D eigenvalue weighted by Crippen LogP contribution is -2.49. The van der Waals surface area contributed by atoms with Crippen LogP contribution in [0.15, 0.2) is 12.4 Å². The summed E-state index contributed by atoms with van der Waals surface area (Å²) in [6, 6.07) is -0.0207. The number of nitrogens with one attached hydrogen (secondary N) is 2. The predicted molar refractivity (Wildman–Crippen MR) is 81.3 cm³/mol. The van der Waals surface area contributed by atoms with E-state index in [0.717, 1.165) is 18.7 Å². The van der Waals surface area contributed by atoms with Gasteiger partial charge in [-0.3, -0.25) is 0 Å². The highest BCUT2D eigenvalue weighted by Crippen LogP contribution is 2.27. The number of hydrogen-bond donors (Lipinski definition) is 2. The van der Waals surface area contributed by atoms with Crippen molar-refractivity contribution in [1.29, 1.82) is 0 Å². The van der Waals surface area contributed by atoms with Crippen LogP contribution >= 0.6 is 0 Å². The Morgan fingerprint density at radius 3 is 2.48 bits per heavy atom. The normalized spacial score (nSPS) is 21.5. The third-order valence-corrected chi connectivity index (χ3v) is 3.70. The molecule has 1 aromatic heterocycles. The Bertz CT molecular complexity index is 481. The number of nitrogens with zero attached hydrogens (tertiary/aromatic N) is 2. The number of aromatic nitrogens is 2. The van der Waals surface area contributed by atoms with Crippen molar-refractivity contribution in [3.8, 4) is 0 Å². The van der Waals surface area contributed by atoms with Gasteiger partial charge < -0.3 is 15.4 Å². The molecule has 1 saturated carbocycles. The molecule has 116 valence electrons. The lowest BCUT2D eigenvalue weighted by atomic mass is 9.80. The fourth-order valence-electron chi connectivity index (χ4n) is 2.29. The van der Waals surface area contributed by atoms with Crippen LogP contribution in [0.3, 0.4) is 0 Å². The van der Waals surface area contributed by atoms with Crippen molar-refractivity contribution in [1.82, 2.24) is 15.3 Å². The van der Waals surface area contributed by atoms with E-state index in [2.05, 4.69) is 41.4 Å². The number of carbonyl (C=O) groups is 1. The van der Waals surface area contributed by atoms with Crippen molar-refractivity contribution in [2.45, 2.75) is 45.1 Å². The molecule has 1 aliphatic rings. The van der Waals surface area contributed by atoms with Crippen molar-refractivity contribution < 1.29 is 9.53 Å². The number of anilines is 1. The molecule has 1 aliphatic carbocycles. The van der Waals surface area contributed by atoms with Crippen molar-refractivity contribution in [2.75, 3.05) is 19.0 Å². The van der Waals surface area contributed by atoms with Gasteiger partial charge >= 0.3 is 6.03 Å². The number of hydrogen-bond acceptors (Lipinski definition) is 4. The van der Waals surface area contributed by atoms with E-state index in [0.29, 0.717) is 18.2 Å². The molecule has 2 N–H and O–H groups in total.